The highest BCUT2D eigenvalue weighted by molar-refractivity contribution is 5.78. The number of nitriles is 1. The van der Waals surface area contributed by atoms with Crippen LogP contribution < -0.4 is 4.74 Å². The van der Waals surface area contributed by atoms with Crippen molar-refractivity contribution >= 4 is 11.9 Å². The number of benzene rings is 1. The van der Waals surface area contributed by atoms with Crippen LogP contribution in [0.25, 0.3) is 0 Å². The summed E-state index contributed by atoms with van der Waals surface area (Å²) in [4.78, 5) is 25.5. The largest absolute Gasteiger partial charge is 0.484 e. The highest BCUT2D eigenvalue weighted by Gasteiger charge is 2.28. The van der Waals surface area contributed by atoms with Gasteiger partial charge in [0.05, 0.1) is 24.2 Å². The van der Waals surface area contributed by atoms with Crippen LogP contribution in [0.5, 0.6) is 5.75 Å². The zero-order valence-corrected chi connectivity index (χ0v) is 13.2. The van der Waals surface area contributed by atoms with Gasteiger partial charge in [-0.25, -0.2) is 0 Å². The molecule has 0 atom stereocenters. The molecule has 1 aromatic carbocycles. The van der Waals surface area contributed by atoms with E-state index < -0.39 is 0 Å². The molecule has 6 heteroatoms. The zero-order valence-electron chi connectivity index (χ0n) is 13.2. The fourth-order valence-electron chi connectivity index (χ4n) is 2.52. The lowest BCUT2D eigenvalue weighted by Crippen LogP contribution is -2.42. The number of esters is 1. The van der Waals surface area contributed by atoms with Crippen LogP contribution in [-0.2, 0) is 14.3 Å². The van der Waals surface area contributed by atoms with Crippen LogP contribution in [0, 0.1) is 17.2 Å². The molecule has 0 aliphatic carbocycles. The summed E-state index contributed by atoms with van der Waals surface area (Å²) in [6.07, 6.45) is 1.24. The Morgan fingerprint density at radius 1 is 1.35 bits per heavy atom. The number of hydrogen-bond acceptors (Lipinski definition) is 5. The molecule has 1 fully saturated rings. The normalized spacial score (nSPS) is 14.9. The minimum absolute atomic E-state index is 0.0705. The van der Waals surface area contributed by atoms with E-state index in [9.17, 15) is 9.59 Å². The van der Waals surface area contributed by atoms with Crippen LogP contribution in [0.1, 0.15) is 25.3 Å². The lowest BCUT2D eigenvalue weighted by Gasteiger charge is -2.30. The Morgan fingerprint density at radius 3 is 2.74 bits per heavy atom. The van der Waals surface area contributed by atoms with E-state index in [4.69, 9.17) is 14.7 Å². The van der Waals surface area contributed by atoms with Crippen LogP contribution in [0.4, 0.5) is 0 Å². The van der Waals surface area contributed by atoms with Crippen molar-refractivity contribution in [2.45, 2.75) is 19.8 Å². The van der Waals surface area contributed by atoms with Crippen molar-refractivity contribution in [3.05, 3.63) is 29.8 Å². The second-order valence-electron chi connectivity index (χ2n) is 5.34. The lowest BCUT2D eigenvalue weighted by molar-refractivity contribution is -0.151. The Labute approximate surface area is 135 Å². The molecule has 1 aliphatic rings. The van der Waals surface area contributed by atoms with E-state index in [1.807, 2.05) is 6.07 Å². The number of piperidine rings is 1. The number of amides is 1. The maximum Gasteiger partial charge on any atom is 0.309 e. The third kappa shape index (κ3) is 4.71. The van der Waals surface area contributed by atoms with Crippen molar-refractivity contribution in [3.8, 4) is 11.8 Å². The number of carbonyl (C=O) groups is 2. The number of hydrogen-bond donors (Lipinski definition) is 0. The number of nitrogens with zero attached hydrogens (tertiary/aromatic N) is 2. The number of likely N-dealkylation sites (tertiary alicyclic amines) is 1. The third-order valence-electron chi connectivity index (χ3n) is 3.79. The average Bonchev–Trinajstić information content (AvgIpc) is 2.60. The molecule has 2 rings (SSSR count). The first-order valence-corrected chi connectivity index (χ1v) is 7.71. The van der Waals surface area contributed by atoms with Gasteiger partial charge in [-0.3, -0.25) is 9.59 Å². The standard InChI is InChI=1S/C17H20N2O4/c1-2-22-17(21)14-6-8-19(9-7-14)16(20)12-23-15-5-3-4-13(10-15)11-18/h3-5,10,14H,2,6-9,12H2,1H3. The zero-order chi connectivity index (χ0) is 16.7. The van der Waals surface area contributed by atoms with Crippen LogP contribution in [0.15, 0.2) is 24.3 Å². The minimum atomic E-state index is -0.177. The van der Waals surface area contributed by atoms with Gasteiger partial charge in [0.25, 0.3) is 5.91 Å². The molecule has 0 bridgehead atoms. The fourth-order valence-corrected chi connectivity index (χ4v) is 2.52. The molecule has 0 unspecified atom stereocenters. The maximum absolute atomic E-state index is 12.1. The summed E-state index contributed by atoms with van der Waals surface area (Å²) in [5, 5.41) is 8.83. The molecule has 1 aliphatic heterocycles. The second kappa shape index (κ2) is 8.18. The summed E-state index contributed by atoms with van der Waals surface area (Å²) in [5.41, 5.74) is 0.491. The van der Waals surface area contributed by atoms with Gasteiger partial charge in [-0.05, 0) is 38.0 Å². The second-order valence-corrected chi connectivity index (χ2v) is 5.34. The van der Waals surface area contributed by atoms with Gasteiger partial charge < -0.3 is 14.4 Å². The van der Waals surface area contributed by atoms with E-state index in [-0.39, 0.29) is 24.4 Å². The molecule has 0 saturated carbocycles. The van der Waals surface area contributed by atoms with E-state index in [0.29, 0.717) is 43.9 Å². The van der Waals surface area contributed by atoms with Gasteiger partial charge in [-0.15, -0.1) is 0 Å². The van der Waals surface area contributed by atoms with Gasteiger partial charge >= 0.3 is 5.97 Å². The van der Waals surface area contributed by atoms with Gasteiger partial charge in [-0.2, -0.15) is 5.26 Å². The first-order chi connectivity index (χ1) is 11.1. The van der Waals surface area contributed by atoms with Crippen LogP contribution in [-0.4, -0.2) is 43.1 Å². The molecule has 1 aromatic rings. The molecule has 6 nitrogen and oxygen atoms in total. The van der Waals surface area contributed by atoms with Gasteiger partial charge in [0, 0.05) is 13.1 Å². The van der Waals surface area contributed by atoms with E-state index in [1.54, 1.807) is 36.1 Å². The van der Waals surface area contributed by atoms with Crippen LogP contribution in [0.2, 0.25) is 0 Å². The Kier molecular flexibility index (Phi) is 5.98. The SMILES string of the molecule is CCOC(=O)C1CCN(C(=O)COc2cccc(C#N)c2)CC1. The van der Waals surface area contributed by atoms with Crippen molar-refractivity contribution in [1.82, 2.24) is 4.90 Å². The number of rotatable bonds is 5. The molecule has 0 aromatic heterocycles. The van der Waals surface area contributed by atoms with Crippen molar-refractivity contribution in [1.29, 1.82) is 5.26 Å². The Morgan fingerprint density at radius 2 is 2.09 bits per heavy atom. The molecule has 0 N–H and O–H groups in total. The molecular weight excluding hydrogens is 296 g/mol. The monoisotopic (exact) mass is 316 g/mol. The minimum Gasteiger partial charge on any atom is -0.484 e. The summed E-state index contributed by atoms with van der Waals surface area (Å²) in [5.74, 6) is 0.0878. The highest BCUT2D eigenvalue weighted by Crippen LogP contribution is 2.19. The van der Waals surface area contributed by atoms with E-state index in [0.717, 1.165) is 0 Å². The fraction of sp³-hybridized carbons (Fsp3) is 0.471. The predicted octanol–water partition coefficient (Wildman–Crippen LogP) is 1.74. The molecule has 1 amide bonds. The molecular formula is C17H20N2O4. The van der Waals surface area contributed by atoms with E-state index in [1.165, 1.54) is 0 Å². The van der Waals surface area contributed by atoms with Gasteiger partial charge in [0.1, 0.15) is 5.75 Å². The topological polar surface area (TPSA) is 79.6 Å². The molecule has 1 saturated heterocycles. The number of carbonyl (C=O) groups excluding carboxylic acids is 2. The Bertz CT molecular complexity index is 601. The average molecular weight is 316 g/mol. The molecule has 1 heterocycles. The van der Waals surface area contributed by atoms with Crippen molar-refractivity contribution in [3.63, 3.8) is 0 Å². The number of ether oxygens (including phenoxy) is 2. The van der Waals surface area contributed by atoms with E-state index >= 15 is 0 Å². The van der Waals surface area contributed by atoms with Crippen molar-refractivity contribution in [2.24, 2.45) is 5.92 Å². The lowest BCUT2D eigenvalue weighted by atomic mass is 9.97. The Hall–Kier alpha value is -2.55. The van der Waals surface area contributed by atoms with Crippen LogP contribution in [0.3, 0.4) is 0 Å². The molecule has 122 valence electrons. The smallest absolute Gasteiger partial charge is 0.309 e. The van der Waals surface area contributed by atoms with Crippen molar-refractivity contribution in [2.75, 3.05) is 26.3 Å². The maximum atomic E-state index is 12.1. The van der Waals surface area contributed by atoms with Gasteiger partial charge in [0.2, 0.25) is 0 Å². The molecule has 0 spiro atoms. The first kappa shape index (κ1) is 16.8. The third-order valence-corrected chi connectivity index (χ3v) is 3.79. The van der Waals surface area contributed by atoms with E-state index in [2.05, 4.69) is 0 Å². The summed E-state index contributed by atoms with van der Waals surface area (Å²) in [7, 11) is 0. The Balaban J connectivity index is 1.79. The van der Waals surface area contributed by atoms with Crippen molar-refractivity contribution < 1.29 is 19.1 Å². The predicted molar refractivity (Wildman–Crippen MR) is 82.6 cm³/mol. The highest BCUT2D eigenvalue weighted by atomic mass is 16.5. The quantitative estimate of drug-likeness (QED) is 0.773. The van der Waals surface area contributed by atoms with Gasteiger partial charge in [0.15, 0.2) is 6.61 Å². The summed E-state index contributed by atoms with van der Waals surface area (Å²) >= 11 is 0. The van der Waals surface area contributed by atoms with Crippen LogP contribution >= 0.6 is 0 Å². The molecule has 0 radical (unpaired) electrons. The summed E-state index contributed by atoms with van der Waals surface area (Å²) < 4.78 is 10.5. The molecule has 23 heavy (non-hydrogen) atoms. The summed E-state index contributed by atoms with van der Waals surface area (Å²) in [6, 6.07) is 8.72. The summed E-state index contributed by atoms with van der Waals surface area (Å²) in [6.45, 7) is 3.16. The first-order valence-electron chi connectivity index (χ1n) is 7.71. The van der Waals surface area contributed by atoms with Gasteiger partial charge in [-0.1, -0.05) is 6.07 Å².